The number of carbonyl (C=O) groups is 2. The van der Waals surface area contributed by atoms with Gasteiger partial charge in [0.05, 0.1) is 6.61 Å². The van der Waals surface area contributed by atoms with Gasteiger partial charge in [0.25, 0.3) is 0 Å². The molecule has 0 fully saturated rings. The molecule has 9 nitrogen and oxygen atoms in total. The highest BCUT2D eigenvalue weighted by Crippen LogP contribution is 2.25. The van der Waals surface area contributed by atoms with Crippen molar-refractivity contribution in [2.75, 3.05) is 6.61 Å². The molecule has 0 saturated heterocycles. The summed E-state index contributed by atoms with van der Waals surface area (Å²) in [6, 6.07) is -0.449. The zero-order valence-corrected chi connectivity index (χ0v) is 17.1. The van der Waals surface area contributed by atoms with Gasteiger partial charge in [-0.25, -0.2) is 19.8 Å². The lowest BCUT2D eigenvalue weighted by Gasteiger charge is -2.23. The fraction of sp³-hybridized carbons (Fsp3) is 0.778. The Labute approximate surface area is 160 Å². The quantitative estimate of drug-likeness (QED) is 0.311. The summed E-state index contributed by atoms with van der Waals surface area (Å²) >= 11 is 0. The van der Waals surface area contributed by atoms with E-state index in [1.807, 2.05) is 27.7 Å². The number of carboxylic acid groups (broad SMARTS) is 1. The molecule has 0 aromatic heterocycles. The van der Waals surface area contributed by atoms with Gasteiger partial charge in [0, 0.05) is 0 Å². The molecule has 0 spiro atoms. The number of nitrogens with zero attached hydrogens (tertiary/aromatic N) is 1. The van der Waals surface area contributed by atoms with Crippen LogP contribution in [-0.2, 0) is 23.9 Å². The molecule has 0 aromatic rings. The first kappa shape index (κ1) is 29.4. The van der Waals surface area contributed by atoms with Gasteiger partial charge >= 0.3 is 11.9 Å². The number of carboxylic acids is 1. The Balaban J connectivity index is -0.000000376. The number of hydrogen-bond acceptors (Lipinski definition) is 8. The first-order valence-electron chi connectivity index (χ1n) is 8.76. The van der Waals surface area contributed by atoms with Crippen molar-refractivity contribution < 1.29 is 29.0 Å². The van der Waals surface area contributed by atoms with Crippen LogP contribution in [0.5, 0.6) is 0 Å². The highest BCUT2D eigenvalue weighted by Gasteiger charge is 2.37. The Bertz CT molecular complexity index is 505. The van der Waals surface area contributed by atoms with E-state index >= 15 is 0 Å². The molecule has 0 aliphatic carbocycles. The average molecular weight is 387 g/mol. The van der Waals surface area contributed by atoms with E-state index in [1.165, 1.54) is 6.08 Å². The predicted octanol–water partition coefficient (Wildman–Crippen LogP) is 2.43. The zero-order valence-electron chi connectivity index (χ0n) is 17.1. The lowest BCUT2D eigenvalue weighted by Crippen LogP contribution is -2.37. The van der Waals surface area contributed by atoms with Gasteiger partial charge in [0.2, 0.25) is 12.2 Å². The van der Waals surface area contributed by atoms with Crippen LogP contribution in [0.15, 0.2) is 4.99 Å². The molecule has 0 rings (SSSR count). The normalized spacial score (nSPS) is 12.8. The van der Waals surface area contributed by atoms with Crippen molar-refractivity contribution >= 4 is 24.1 Å². The van der Waals surface area contributed by atoms with Gasteiger partial charge in [0.1, 0.15) is 6.04 Å². The van der Waals surface area contributed by atoms with E-state index in [0.29, 0.717) is 31.8 Å². The first-order chi connectivity index (χ1) is 12.5. The topological polar surface area (TPSA) is 160 Å². The van der Waals surface area contributed by atoms with Crippen molar-refractivity contribution in [3.8, 4) is 0 Å². The largest absolute Gasteiger partial charge is 0.479 e. The Morgan fingerprint density at radius 1 is 1.19 bits per heavy atom. The van der Waals surface area contributed by atoms with Crippen molar-refractivity contribution in [3.63, 3.8) is 0 Å². The fourth-order valence-electron chi connectivity index (χ4n) is 2.17. The van der Waals surface area contributed by atoms with Crippen molar-refractivity contribution in [3.05, 3.63) is 0 Å². The standard InChI is InChI=1S/C9H15NO3.C8H17NO2.CHNO/c1-4-9(8(12)13,10-6-11)5-7(2)3;1-4-11-8(10)7(9)5-6(2)3;2-1-3/h7H,4-5H2,1-3H3,(H,12,13);6-7H,4-5,9H2,1-3H3;2H/t;7-;/m.0./s1. The first-order valence-corrected chi connectivity index (χ1v) is 8.76. The number of aliphatic carboxylic acids is 1. The van der Waals surface area contributed by atoms with Crippen molar-refractivity contribution in [2.45, 2.75) is 72.4 Å². The molecule has 4 N–H and O–H groups in total. The van der Waals surface area contributed by atoms with Crippen molar-refractivity contribution in [1.82, 2.24) is 0 Å². The van der Waals surface area contributed by atoms with Crippen LogP contribution in [0.4, 0.5) is 0 Å². The molecule has 27 heavy (non-hydrogen) atoms. The molecule has 0 bridgehead atoms. The summed E-state index contributed by atoms with van der Waals surface area (Å²) in [7, 11) is 0. The molecule has 156 valence electrons. The Morgan fingerprint density at radius 3 is 1.93 bits per heavy atom. The molecule has 0 radical (unpaired) electrons. The van der Waals surface area contributed by atoms with Crippen LogP contribution in [0.1, 0.15) is 60.8 Å². The second kappa shape index (κ2) is 17.1. The van der Waals surface area contributed by atoms with Crippen LogP contribution in [0.3, 0.4) is 0 Å². The summed E-state index contributed by atoms with van der Waals surface area (Å²) in [5.41, 5.74) is 4.26. The minimum atomic E-state index is -1.27. The zero-order chi connectivity index (χ0) is 22.0. The van der Waals surface area contributed by atoms with Gasteiger partial charge in [-0.1, -0.05) is 34.6 Å². The lowest BCUT2D eigenvalue weighted by molar-refractivity contribution is -0.145. The number of carbonyl (C=O) groups excluding carboxylic acids is 3. The van der Waals surface area contributed by atoms with Gasteiger partial charge in [-0.15, -0.1) is 0 Å². The second-order valence-electron chi connectivity index (χ2n) is 6.58. The predicted molar refractivity (Wildman–Crippen MR) is 101 cm³/mol. The van der Waals surface area contributed by atoms with Crippen molar-refractivity contribution in [1.29, 1.82) is 5.41 Å². The van der Waals surface area contributed by atoms with E-state index in [9.17, 15) is 14.4 Å². The van der Waals surface area contributed by atoms with E-state index < -0.39 is 17.6 Å². The maximum atomic E-state index is 10.9. The minimum absolute atomic E-state index is 0.188. The van der Waals surface area contributed by atoms with Gasteiger partial charge in [-0.3, -0.25) is 4.79 Å². The van der Waals surface area contributed by atoms with Gasteiger partial charge in [-0.05, 0) is 38.0 Å². The maximum absolute atomic E-state index is 10.9. The Kier molecular flexibility index (Phi) is 18.6. The second-order valence-corrected chi connectivity index (χ2v) is 6.58. The van der Waals surface area contributed by atoms with E-state index in [2.05, 4.69) is 4.99 Å². The number of nitrogens with one attached hydrogen (secondary N) is 1. The Hall–Kier alpha value is -2.34. The fourth-order valence-corrected chi connectivity index (χ4v) is 2.17. The third-order valence-corrected chi connectivity index (χ3v) is 3.30. The molecular weight excluding hydrogens is 354 g/mol. The molecule has 2 atom stereocenters. The molecule has 0 aromatic carbocycles. The van der Waals surface area contributed by atoms with E-state index in [-0.39, 0.29) is 11.9 Å². The number of ether oxygens (including phenoxy) is 1. The number of isocyanates is 2. The number of aliphatic imine (C=N–C) groups is 1. The van der Waals surface area contributed by atoms with E-state index in [1.54, 1.807) is 13.8 Å². The maximum Gasteiger partial charge on any atom is 0.332 e. The third kappa shape index (κ3) is 15.6. The van der Waals surface area contributed by atoms with E-state index in [4.69, 9.17) is 25.8 Å². The molecule has 0 amide bonds. The van der Waals surface area contributed by atoms with Crippen LogP contribution >= 0.6 is 0 Å². The monoisotopic (exact) mass is 387 g/mol. The number of esters is 1. The van der Waals surface area contributed by atoms with Crippen LogP contribution in [0.2, 0.25) is 0 Å². The summed E-state index contributed by atoms with van der Waals surface area (Å²) in [6.45, 7) is 11.7. The highest BCUT2D eigenvalue weighted by atomic mass is 16.5. The third-order valence-electron chi connectivity index (χ3n) is 3.30. The minimum Gasteiger partial charge on any atom is -0.479 e. The van der Waals surface area contributed by atoms with Crippen LogP contribution < -0.4 is 5.73 Å². The molecule has 0 heterocycles. The molecular formula is C18H33N3O6. The van der Waals surface area contributed by atoms with Crippen LogP contribution in [0.25, 0.3) is 0 Å². The van der Waals surface area contributed by atoms with Crippen molar-refractivity contribution in [2.24, 2.45) is 22.6 Å². The van der Waals surface area contributed by atoms with E-state index in [0.717, 1.165) is 6.08 Å². The summed E-state index contributed by atoms with van der Waals surface area (Å²) in [5, 5.41) is 14.3. The SMILES string of the molecule is CCC(CC(C)C)(N=C=O)C(=O)O.CCOC(=O)[C@@H](N)CC(C)C.N=C=O. The smallest absolute Gasteiger partial charge is 0.332 e. The number of nitrogens with two attached hydrogens (primary N) is 1. The summed E-state index contributed by atoms with van der Waals surface area (Å²) in [5.74, 6) is -0.712. The van der Waals surface area contributed by atoms with Gasteiger partial charge in [-0.2, -0.15) is 4.99 Å². The average Bonchev–Trinajstić information content (AvgIpc) is 2.54. The van der Waals surface area contributed by atoms with Gasteiger partial charge < -0.3 is 15.6 Å². The molecule has 0 aliphatic heterocycles. The Morgan fingerprint density at radius 2 is 1.67 bits per heavy atom. The molecule has 1 unspecified atom stereocenters. The molecule has 0 aliphatic rings. The molecule has 0 saturated carbocycles. The summed E-state index contributed by atoms with van der Waals surface area (Å²) < 4.78 is 4.74. The molecule has 9 heteroatoms. The number of rotatable bonds is 9. The van der Waals surface area contributed by atoms with Gasteiger partial charge in [0.15, 0.2) is 5.54 Å². The van der Waals surface area contributed by atoms with Crippen LogP contribution in [-0.4, -0.2) is 47.4 Å². The summed E-state index contributed by atoms with van der Waals surface area (Å²) in [4.78, 5) is 43.7. The number of hydrogen-bond donors (Lipinski definition) is 3. The highest BCUT2D eigenvalue weighted by molar-refractivity contribution is 5.80. The summed E-state index contributed by atoms with van der Waals surface area (Å²) in [6.07, 6.45) is 3.47. The lowest BCUT2D eigenvalue weighted by atomic mass is 9.87. The van der Waals surface area contributed by atoms with Crippen LogP contribution in [0, 0.1) is 17.2 Å².